The molecule has 2 aromatic carbocycles. The van der Waals surface area contributed by atoms with E-state index in [2.05, 4.69) is 98.2 Å². The Morgan fingerprint density at radius 2 is 1.08 bits per heavy atom. The Kier molecular flexibility index (Phi) is 32.0. The van der Waals surface area contributed by atoms with Gasteiger partial charge < -0.3 is 45.9 Å². The summed E-state index contributed by atoms with van der Waals surface area (Å²) in [6.07, 6.45) is 20.9. The van der Waals surface area contributed by atoms with Crippen molar-refractivity contribution in [1.29, 1.82) is 0 Å². The molecule has 0 fully saturated rings. The number of hydrogen-bond acceptors (Lipinski definition) is 11. The number of unbranched alkanes of at least 4 members (excludes halogenated alkanes) is 1. The molecule has 16 nitrogen and oxygen atoms in total. The fourth-order valence-electron chi connectivity index (χ4n) is 7.56. The van der Waals surface area contributed by atoms with Gasteiger partial charge in [0.1, 0.15) is 30.5 Å². The van der Waals surface area contributed by atoms with E-state index < -0.39 is 79.7 Å². The second-order valence-electron chi connectivity index (χ2n) is 19.7. The van der Waals surface area contributed by atoms with E-state index in [1.807, 2.05) is 20.8 Å². The molecule has 0 aliphatic heterocycles. The van der Waals surface area contributed by atoms with Crippen LogP contribution in [0.5, 0.6) is 5.75 Å². The first kappa shape index (κ1) is 64.9. The van der Waals surface area contributed by atoms with Gasteiger partial charge in [-0.15, -0.1) is 0 Å². The smallest absolute Gasteiger partial charge is 0.408 e. The van der Waals surface area contributed by atoms with Crippen LogP contribution >= 0.6 is 0 Å². The third-order valence-electron chi connectivity index (χ3n) is 11.9. The van der Waals surface area contributed by atoms with Gasteiger partial charge in [-0.05, 0) is 135 Å². The Morgan fingerprint density at radius 3 is 1.64 bits per heavy atom. The second kappa shape index (κ2) is 37.5. The van der Waals surface area contributed by atoms with Crippen LogP contribution in [0, 0.1) is 5.92 Å². The molecule has 3 unspecified atom stereocenters. The number of esters is 2. The summed E-state index contributed by atoms with van der Waals surface area (Å²) in [6.45, 7) is 18.1. The van der Waals surface area contributed by atoms with Crippen LogP contribution in [0.1, 0.15) is 137 Å². The number of allylic oxidation sites excluding steroid dienone is 10. The molecule has 5 amide bonds. The number of alkyl carbamates (subject to hydrolysis) is 1. The summed E-state index contributed by atoms with van der Waals surface area (Å²) in [4.78, 5) is 91.2. The normalized spacial score (nSPS) is 13.1. The summed E-state index contributed by atoms with van der Waals surface area (Å²) >= 11 is 0. The molecule has 16 heteroatoms. The summed E-state index contributed by atoms with van der Waals surface area (Å²) in [5.74, 6) is -4.32. The predicted molar refractivity (Wildman–Crippen MR) is 297 cm³/mol. The maximum atomic E-state index is 13.8. The zero-order chi connectivity index (χ0) is 56.3. The fourth-order valence-corrected chi connectivity index (χ4v) is 7.56. The molecule has 0 aliphatic carbocycles. The lowest BCUT2D eigenvalue weighted by atomic mass is 10.0. The third kappa shape index (κ3) is 30.8. The topological polar surface area (TPSA) is 228 Å². The minimum atomic E-state index is -1.19. The van der Waals surface area contributed by atoms with Gasteiger partial charge in [-0.3, -0.25) is 24.0 Å². The number of carbonyl (C=O) groups excluding carboxylic acids is 7. The van der Waals surface area contributed by atoms with E-state index in [0.717, 1.165) is 56.9 Å². The van der Waals surface area contributed by atoms with Gasteiger partial charge in [0.25, 0.3) is 0 Å². The van der Waals surface area contributed by atoms with Gasteiger partial charge in [0, 0.05) is 19.3 Å². The van der Waals surface area contributed by atoms with E-state index in [1.165, 1.54) is 40.5 Å². The van der Waals surface area contributed by atoms with Crippen LogP contribution in [-0.2, 0) is 55.8 Å². The zero-order valence-corrected chi connectivity index (χ0v) is 46.2. The highest BCUT2D eigenvalue weighted by Crippen LogP contribution is 2.16. The van der Waals surface area contributed by atoms with Crippen LogP contribution in [0.2, 0.25) is 0 Å². The van der Waals surface area contributed by atoms with Gasteiger partial charge in [0.15, 0.2) is 0 Å². The van der Waals surface area contributed by atoms with Crippen molar-refractivity contribution >= 4 is 41.7 Å². The lowest BCUT2D eigenvalue weighted by Crippen LogP contribution is -2.55. The summed E-state index contributed by atoms with van der Waals surface area (Å²) in [6, 6.07) is 11.3. The van der Waals surface area contributed by atoms with Crippen molar-refractivity contribution in [2.45, 2.75) is 157 Å². The van der Waals surface area contributed by atoms with Crippen molar-refractivity contribution in [3.63, 3.8) is 0 Å². The summed E-state index contributed by atoms with van der Waals surface area (Å²) in [7, 11) is 0. The Bertz CT molecular complexity index is 2330. The van der Waals surface area contributed by atoms with E-state index in [1.54, 1.807) is 42.5 Å². The van der Waals surface area contributed by atoms with E-state index in [-0.39, 0.29) is 44.0 Å². The molecular weight excluding hydrogens is 967 g/mol. The van der Waals surface area contributed by atoms with Crippen molar-refractivity contribution in [1.82, 2.24) is 26.6 Å². The average Bonchev–Trinajstić information content (AvgIpc) is 3.37. The number of nitrogens with one attached hydrogen (secondary N) is 5. The maximum absolute atomic E-state index is 13.8. The predicted octanol–water partition coefficient (Wildman–Crippen LogP) is 9.40. The van der Waals surface area contributed by atoms with Crippen molar-refractivity contribution in [3.05, 3.63) is 137 Å². The first-order valence-corrected chi connectivity index (χ1v) is 26.3. The van der Waals surface area contributed by atoms with Gasteiger partial charge in [-0.2, -0.15) is 0 Å². The number of hydrogen-bond donors (Lipinski definition) is 6. The molecule has 0 bridgehead atoms. The lowest BCUT2D eigenvalue weighted by Gasteiger charge is -2.24. The minimum absolute atomic E-state index is 0.000230. The van der Waals surface area contributed by atoms with Crippen LogP contribution in [0.4, 0.5) is 4.79 Å². The zero-order valence-electron chi connectivity index (χ0n) is 46.2. The number of aromatic hydroxyl groups is 1. The van der Waals surface area contributed by atoms with Gasteiger partial charge in [0.2, 0.25) is 30.4 Å². The van der Waals surface area contributed by atoms with Gasteiger partial charge in [-0.25, -0.2) is 9.59 Å². The molecule has 3 atom stereocenters. The molecule has 0 saturated heterocycles. The molecule has 2 aromatic rings. The van der Waals surface area contributed by atoms with Crippen LogP contribution in [0.3, 0.4) is 0 Å². The molecule has 0 aliphatic rings. The first-order valence-electron chi connectivity index (χ1n) is 26.3. The highest BCUT2D eigenvalue weighted by Gasteiger charge is 2.29. The molecular formula is C60H85N5O11. The number of rotatable bonds is 35. The maximum Gasteiger partial charge on any atom is 0.408 e. The Morgan fingerprint density at radius 1 is 0.553 bits per heavy atom. The number of ether oxygens (including phenoxy) is 3. The Hall–Kier alpha value is -7.23. The summed E-state index contributed by atoms with van der Waals surface area (Å²) < 4.78 is 15.5. The molecule has 6 N–H and O–H groups in total. The van der Waals surface area contributed by atoms with Crippen molar-refractivity contribution in [2.75, 3.05) is 26.5 Å². The highest BCUT2D eigenvalue weighted by atomic mass is 16.7. The molecule has 0 saturated carbocycles. The van der Waals surface area contributed by atoms with Crippen LogP contribution in [0.15, 0.2) is 125 Å². The van der Waals surface area contributed by atoms with Crippen molar-refractivity contribution in [2.24, 2.45) is 5.92 Å². The van der Waals surface area contributed by atoms with Gasteiger partial charge in [-0.1, -0.05) is 127 Å². The molecule has 76 heavy (non-hydrogen) atoms. The number of amides is 5. The quantitative estimate of drug-likeness (QED) is 0.0165. The largest absolute Gasteiger partial charge is 0.508 e. The van der Waals surface area contributed by atoms with Gasteiger partial charge in [0.05, 0.1) is 13.1 Å². The Labute approximate surface area is 451 Å². The standard InChI is InChI=1S/C60H85N5O11/c1-10-35-74-60(73)65-51(38-49-30-32-50(66)33-31-49)57(70)62-39-54(67)61-40-55(68)63-52(37-48-27-12-11-13-28-48)58(71)64-53(36-43(4)5)59(72)76-41-75-56(69)34-29-47(9)26-18-24-45(7)21-15-14-20-44(6)23-17-25-46(8)22-16-19-42(2)3/h10-13,19-21,25-28,30-33,43,51-53,66H,1,14-18,22-24,29,34-41H2,2-9H3,(H,61,67)(H,62,70)(H,63,68)(H,64,71)(H,65,73)/b44-20?,45-21+,46-25+,47-26?. The van der Waals surface area contributed by atoms with E-state index in [9.17, 15) is 38.7 Å². The van der Waals surface area contributed by atoms with Crippen LogP contribution in [-0.4, -0.2) is 91.4 Å². The first-order chi connectivity index (χ1) is 36.2. The summed E-state index contributed by atoms with van der Waals surface area (Å²) in [5, 5.41) is 22.2. The van der Waals surface area contributed by atoms with E-state index in [4.69, 9.17) is 14.2 Å². The molecule has 0 radical (unpaired) electrons. The Balaban J connectivity index is 1.87. The minimum Gasteiger partial charge on any atom is -0.508 e. The highest BCUT2D eigenvalue weighted by molar-refractivity contribution is 5.93. The molecule has 0 aromatic heterocycles. The lowest BCUT2D eigenvalue weighted by molar-refractivity contribution is -0.169. The molecule has 2 rings (SSSR count). The number of benzene rings is 2. The molecule has 0 heterocycles. The second-order valence-corrected chi connectivity index (χ2v) is 19.7. The SMILES string of the molecule is C=CCOC(=O)NC(Cc1ccc(O)cc1)C(=O)NCC(=O)NCC(=O)NC(Cc1ccccc1)C(=O)NC(CC(C)C)C(=O)OCOC(=O)CCC(C)=CCC/C(C)=C/CCC=C(C)CC/C=C(\C)CCC=C(C)C. The molecule has 0 spiro atoms. The van der Waals surface area contributed by atoms with E-state index >= 15 is 0 Å². The van der Waals surface area contributed by atoms with Crippen molar-refractivity contribution in [3.8, 4) is 5.75 Å². The monoisotopic (exact) mass is 1050 g/mol. The van der Waals surface area contributed by atoms with Crippen LogP contribution in [0.25, 0.3) is 0 Å². The number of phenols is 1. The summed E-state index contributed by atoms with van der Waals surface area (Å²) in [5.41, 5.74) is 7.92. The van der Waals surface area contributed by atoms with E-state index in [0.29, 0.717) is 17.5 Å². The third-order valence-corrected chi connectivity index (χ3v) is 11.9. The fraction of sp³-hybridized carbons (Fsp3) is 0.483. The van der Waals surface area contributed by atoms with Crippen molar-refractivity contribution < 1.29 is 52.9 Å². The van der Waals surface area contributed by atoms with Crippen LogP contribution < -0.4 is 26.6 Å². The number of carbonyl (C=O) groups is 7. The number of phenolic OH excluding ortho intramolecular Hbond substituents is 1. The average molecular weight is 1050 g/mol. The van der Waals surface area contributed by atoms with Gasteiger partial charge >= 0.3 is 18.0 Å². The molecule has 416 valence electrons.